The Kier molecular flexibility index (Phi) is 5.06. The Hall–Kier alpha value is -2.83. The maximum absolute atomic E-state index is 11.8. The summed E-state index contributed by atoms with van der Waals surface area (Å²) in [5.74, 6) is 0. The molecule has 0 amide bonds. The van der Waals surface area contributed by atoms with Gasteiger partial charge in [0, 0.05) is 29.3 Å². The van der Waals surface area contributed by atoms with Crippen LogP contribution >= 0.6 is 11.3 Å². The molecule has 146 valence electrons. The lowest BCUT2D eigenvalue weighted by atomic mass is 10.1. The first-order chi connectivity index (χ1) is 13.8. The molecular formula is C23H20N2O2S2. The highest BCUT2D eigenvalue weighted by molar-refractivity contribution is 7.90. The normalized spacial score (nSPS) is 11.6. The molecule has 2 aromatic heterocycles. The molecule has 6 heteroatoms. The third-order valence-electron chi connectivity index (χ3n) is 4.61. The monoisotopic (exact) mass is 420 g/mol. The molecule has 0 spiro atoms. The zero-order chi connectivity index (χ0) is 20.6. The summed E-state index contributed by atoms with van der Waals surface area (Å²) >= 11 is 1.60. The molecule has 0 radical (unpaired) electrons. The van der Waals surface area contributed by atoms with E-state index in [1.54, 1.807) is 23.5 Å². The number of sulfone groups is 1. The fraction of sp³-hybridized carbons (Fsp3) is 0.130. The van der Waals surface area contributed by atoms with E-state index in [9.17, 15) is 8.42 Å². The minimum absolute atomic E-state index is 0.307. The molecule has 2 aromatic carbocycles. The van der Waals surface area contributed by atoms with Crippen LogP contribution in [0.3, 0.4) is 0 Å². The Labute approximate surface area is 174 Å². The first-order valence-electron chi connectivity index (χ1n) is 9.13. The summed E-state index contributed by atoms with van der Waals surface area (Å²) in [6.07, 6.45) is 3.02. The number of benzene rings is 2. The number of rotatable bonds is 4. The minimum atomic E-state index is -3.22. The smallest absolute Gasteiger partial charge is 0.175 e. The van der Waals surface area contributed by atoms with Crippen LogP contribution in [0.15, 0.2) is 71.8 Å². The first-order valence-corrected chi connectivity index (χ1v) is 11.8. The van der Waals surface area contributed by atoms with E-state index >= 15 is 0 Å². The molecule has 4 aromatic rings. The van der Waals surface area contributed by atoms with Crippen LogP contribution in [-0.2, 0) is 9.84 Å². The van der Waals surface area contributed by atoms with Crippen molar-refractivity contribution in [3.8, 4) is 32.3 Å². The molecule has 4 nitrogen and oxygen atoms in total. The molecule has 29 heavy (non-hydrogen) atoms. The van der Waals surface area contributed by atoms with E-state index in [2.05, 4.69) is 36.2 Å². The maximum Gasteiger partial charge on any atom is 0.175 e. The Morgan fingerprint density at radius 3 is 2.28 bits per heavy atom. The predicted octanol–water partition coefficient (Wildman–Crippen LogP) is 5.56. The van der Waals surface area contributed by atoms with Crippen molar-refractivity contribution in [2.24, 2.45) is 0 Å². The molecule has 2 heterocycles. The van der Waals surface area contributed by atoms with Crippen LogP contribution in [0.4, 0.5) is 0 Å². The van der Waals surface area contributed by atoms with Gasteiger partial charge in [0.2, 0.25) is 0 Å². The molecule has 0 saturated carbocycles. The molecule has 0 aliphatic carbocycles. The van der Waals surface area contributed by atoms with Crippen molar-refractivity contribution < 1.29 is 8.42 Å². The van der Waals surface area contributed by atoms with Crippen LogP contribution in [0.2, 0.25) is 0 Å². The molecular weight excluding hydrogens is 400 g/mol. The van der Waals surface area contributed by atoms with E-state index in [1.165, 1.54) is 11.8 Å². The highest BCUT2D eigenvalue weighted by Gasteiger charge is 2.17. The highest BCUT2D eigenvalue weighted by Crippen LogP contribution is 2.40. The second-order valence-corrected chi connectivity index (χ2v) is 10.1. The van der Waals surface area contributed by atoms with Crippen LogP contribution in [0, 0.1) is 13.8 Å². The third kappa shape index (κ3) is 4.13. The van der Waals surface area contributed by atoms with Crippen molar-refractivity contribution >= 4 is 21.2 Å². The predicted molar refractivity (Wildman–Crippen MR) is 119 cm³/mol. The highest BCUT2D eigenvalue weighted by atomic mass is 32.2. The lowest BCUT2D eigenvalue weighted by Gasteiger charge is -2.04. The number of aryl methyl sites for hydroxylation is 2. The third-order valence-corrected chi connectivity index (χ3v) is 6.89. The molecule has 0 bridgehead atoms. The number of nitrogens with zero attached hydrogens (tertiary/aromatic N) is 2. The van der Waals surface area contributed by atoms with Gasteiger partial charge >= 0.3 is 0 Å². The van der Waals surface area contributed by atoms with Crippen LogP contribution in [0.5, 0.6) is 0 Å². The standard InChI is InChI=1S/C23H20N2O2S2/c1-15-5-4-6-18(13-15)21-22(19-11-12-24-16(2)14-19)28-23(25-21)17-7-9-20(10-8-17)29(3,26)27/h4-14H,1-3H3. The zero-order valence-electron chi connectivity index (χ0n) is 16.4. The Morgan fingerprint density at radius 1 is 0.862 bits per heavy atom. The number of thiazole rings is 1. The van der Waals surface area contributed by atoms with Crippen LogP contribution < -0.4 is 0 Å². The molecule has 0 fully saturated rings. The van der Waals surface area contributed by atoms with Crippen LogP contribution in [0.1, 0.15) is 11.3 Å². The second kappa shape index (κ2) is 7.54. The average Bonchev–Trinajstić information content (AvgIpc) is 3.13. The average molecular weight is 421 g/mol. The summed E-state index contributed by atoms with van der Waals surface area (Å²) in [6, 6.07) is 19.2. The quantitative estimate of drug-likeness (QED) is 0.434. The minimum Gasteiger partial charge on any atom is -0.262 e. The molecule has 0 N–H and O–H groups in total. The summed E-state index contributed by atoms with van der Waals surface area (Å²) in [4.78, 5) is 10.6. The summed E-state index contributed by atoms with van der Waals surface area (Å²) < 4.78 is 23.5. The number of aromatic nitrogens is 2. The van der Waals surface area contributed by atoms with E-state index < -0.39 is 9.84 Å². The van der Waals surface area contributed by atoms with Crippen molar-refractivity contribution in [1.29, 1.82) is 0 Å². The van der Waals surface area contributed by atoms with Crippen molar-refractivity contribution in [3.63, 3.8) is 0 Å². The summed E-state index contributed by atoms with van der Waals surface area (Å²) in [5, 5.41) is 0.853. The van der Waals surface area contributed by atoms with Gasteiger partial charge in [0.05, 0.1) is 15.5 Å². The number of hydrogen-bond donors (Lipinski definition) is 0. The number of hydrogen-bond acceptors (Lipinski definition) is 5. The zero-order valence-corrected chi connectivity index (χ0v) is 18.0. The van der Waals surface area contributed by atoms with Gasteiger partial charge in [-0.05, 0) is 49.7 Å². The fourth-order valence-corrected chi connectivity index (χ4v) is 4.88. The van der Waals surface area contributed by atoms with Gasteiger partial charge in [-0.3, -0.25) is 4.98 Å². The van der Waals surface area contributed by atoms with E-state index in [-0.39, 0.29) is 0 Å². The van der Waals surface area contributed by atoms with Gasteiger partial charge in [-0.15, -0.1) is 11.3 Å². The number of pyridine rings is 1. The van der Waals surface area contributed by atoms with Gasteiger partial charge in [-0.25, -0.2) is 13.4 Å². The topological polar surface area (TPSA) is 59.9 Å². The van der Waals surface area contributed by atoms with Crippen molar-refractivity contribution in [1.82, 2.24) is 9.97 Å². The van der Waals surface area contributed by atoms with Crippen molar-refractivity contribution in [3.05, 3.63) is 78.1 Å². The van der Waals surface area contributed by atoms with Gasteiger partial charge in [0.1, 0.15) is 5.01 Å². The van der Waals surface area contributed by atoms with E-state index in [1.807, 2.05) is 37.4 Å². The van der Waals surface area contributed by atoms with Gasteiger partial charge in [-0.1, -0.05) is 35.9 Å². The van der Waals surface area contributed by atoms with E-state index in [0.29, 0.717) is 4.90 Å². The van der Waals surface area contributed by atoms with E-state index in [0.717, 1.165) is 38.0 Å². The molecule has 0 aliphatic rings. The largest absolute Gasteiger partial charge is 0.262 e. The van der Waals surface area contributed by atoms with Gasteiger partial charge in [0.25, 0.3) is 0 Å². The van der Waals surface area contributed by atoms with Crippen LogP contribution in [-0.4, -0.2) is 24.6 Å². The molecule has 0 aliphatic heterocycles. The Balaban J connectivity index is 1.88. The van der Waals surface area contributed by atoms with E-state index in [4.69, 9.17) is 4.98 Å². The lowest BCUT2D eigenvalue weighted by molar-refractivity contribution is 0.602. The fourth-order valence-electron chi connectivity index (χ4n) is 3.16. The van der Waals surface area contributed by atoms with Crippen molar-refractivity contribution in [2.45, 2.75) is 18.7 Å². The maximum atomic E-state index is 11.8. The van der Waals surface area contributed by atoms with Gasteiger partial charge in [-0.2, -0.15) is 0 Å². The summed E-state index contributed by atoms with van der Waals surface area (Å²) in [7, 11) is -3.22. The second-order valence-electron chi connectivity index (χ2n) is 7.05. The molecule has 4 rings (SSSR count). The summed E-state index contributed by atoms with van der Waals surface area (Å²) in [6.45, 7) is 4.04. The SMILES string of the molecule is Cc1cccc(-c2nc(-c3ccc(S(C)(=O)=O)cc3)sc2-c2ccnc(C)c2)c1. The Morgan fingerprint density at radius 2 is 1.62 bits per heavy atom. The summed E-state index contributed by atoms with van der Waals surface area (Å²) in [5.41, 5.74) is 6.08. The lowest BCUT2D eigenvalue weighted by Crippen LogP contribution is -1.96. The van der Waals surface area contributed by atoms with Crippen molar-refractivity contribution in [2.75, 3.05) is 6.26 Å². The van der Waals surface area contributed by atoms with Gasteiger partial charge in [0.15, 0.2) is 9.84 Å². The molecule has 0 saturated heterocycles. The van der Waals surface area contributed by atoms with Crippen LogP contribution in [0.25, 0.3) is 32.3 Å². The molecule has 0 atom stereocenters. The van der Waals surface area contributed by atoms with Gasteiger partial charge < -0.3 is 0 Å². The Bertz CT molecular complexity index is 1230. The molecule has 0 unspecified atom stereocenters. The first kappa shape index (κ1) is 19.5.